The van der Waals surface area contributed by atoms with Crippen molar-refractivity contribution >= 4 is 12.4 Å². The van der Waals surface area contributed by atoms with Gasteiger partial charge < -0.3 is 9.15 Å². The van der Waals surface area contributed by atoms with E-state index in [1.54, 1.807) is 24.8 Å². The number of hydrogen-bond acceptors (Lipinski definition) is 4. The van der Waals surface area contributed by atoms with Crippen molar-refractivity contribution in [2.45, 2.75) is 6.61 Å². The van der Waals surface area contributed by atoms with Crippen LogP contribution in [0.2, 0.25) is 0 Å². The summed E-state index contributed by atoms with van der Waals surface area (Å²) in [4.78, 5) is 0. The van der Waals surface area contributed by atoms with Gasteiger partial charge in [0, 0.05) is 0 Å². The minimum atomic E-state index is 0.557. The van der Waals surface area contributed by atoms with Gasteiger partial charge in [-0.3, -0.25) is 0 Å². The molecule has 0 saturated carbocycles. The molecule has 0 spiro atoms. The van der Waals surface area contributed by atoms with Crippen LogP contribution in [-0.4, -0.2) is 12.4 Å². The molecule has 0 radical (unpaired) electrons. The number of nitrogens with zero attached hydrogens (tertiary/aromatic N) is 2. The second kappa shape index (κ2) is 7.75. The molecule has 1 heterocycles. The molecule has 0 bridgehead atoms. The number of hydrogen-bond donors (Lipinski definition) is 0. The number of rotatable bonds is 6. The lowest BCUT2D eigenvalue weighted by molar-refractivity contribution is 0.306. The van der Waals surface area contributed by atoms with Gasteiger partial charge in [0.1, 0.15) is 18.1 Å². The Balaban J connectivity index is 1.52. The van der Waals surface area contributed by atoms with Gasteiger partial charge in [0.05, 0.1) is 18.7 Å². The Labute approximate surface area is 134 Å². The fourth-order valence-electron chi connectivity index (χ4n) is 1.95. The van der Waals surface area contributed by atoms with Gasteiger partial charge in [-0.05, 0) is 47.5 Å². The van der Waals surface area contributed by atoms with Crippen LogP contribution < -0.4 is 4.74 Å². The van der Waals surface area contributed by atoms with Crippen LogP contribution >= 0.6 is 0 Å². The van der Waals surface area contributed by atoms with Crippen LogP contribution in [0.25, 0.3) is 0 Å². The van der Waals surface area contributed by atoms with E-state index in [0.717, 1.165) is 16.9 Å². The normalized spacial score (nSPS) is 11.3. The molecule has 0 fully saturated rings. The molecule has 0 aliphatic heterocycles. The average Bonchev–Trinajstić information content (AvgIpc) is 3.12. The summed E-state index contributed by atoms with van der Waals surface area (Å²) in [7, 11) is 0. The zero-order valence-electron chi connectivity index (χ0n) is 12.5. The summed E-state index contributed by atoms with van der Waals surface area (Å²) in [5.74, 6) is 1.50. The van der Waals surface area contributed by atoms with Gasteiger partial charge in [0.25, 0.3) is 0 Å². The van der Waals surface area contributed by atoms with Gasteiger partial charge in [-0.2, -0.15) is 10.2 Å². The largest absolute Gasteiger partial charge is 0.489 e. The summed E-state index contributed by atoms with van der Waals surface area (Å²) in [5, 5.41) is 7.91. The second-order valence-corrected chi connectivity index (χ2v) is 4.85. The highest BCUT2D eigenvalue weighted by molar-refractivity contribution is 5.81. The SMILES string of the molecule is C(=N/N=C\c1ccco1)/c1ccc(OCc2ccccc2)cc1. The van der Waals surface area contributed by atoms with E-state index in [0.29, 0.717) is 12.4 Å². The summed E-state index contributed by atoms with van der Waals surface area (Å²) in [5.41, 5.74) is 2.10. The average molecular weight is 304 g/mol. The van der Waals surface area contributed by atoms with Crippen LogP contribution in [0, 0.1) is 0 Å². The third kappa shape index (κ3) is 4.68. The topological polar surface area (TPSA) is 47.1 Å². The van der Waals surface area contributed by atoms with Crippen molar-refractivity contribution in [3.05, 3.63) is 89.9 Å². The molecule has 0 N–H and O–H groups in total. The summed E-state index contributed by atoms with van der Waals surface area (Å²) in [6, 6.07) is 21.4. The lowest BCUT2D eigenvalue weighted by Crippen LogP contribution is -1.94. The van der Waals surface area contributed by atoms with E-state index >= 15 is 0 Å². The maximum atomic E-state index is 5.74. The van der Waals surface area contributed by atoms with Gasteiger partial charge in [-0.25, -0.2) is 0 Å². The summed E-state index contributed by atoms with van der Waals surface area (Å²) < 4.78 is 10.9. The van der Waals surface area contributed by atoms with E-state index in [1.807, 2.05) is 60.7 Å². The van der Waals surface area contributed by atoms with E-state index < -0.39 is 0 Å². The third-order valence-electron chi connectivity index (χ3n) is 3.13. The molecule has 23 heavy (non-hydrogen) atoms. The molecule has 0 unspecified atom stereocenters. The quantitative estimate of drug-likeness (QED) is 0.503. The van der Waals surface area contributed by atoms with E-state index in [2.05, 4.69) is 10.2 Å². The van der Waals surface area contributed by atoms with Crippen molar-refractivity contribution in [1.82, 2.24) is 0 Å². The Morgan fingerprint density at radius 1 is 0.826 bits per heavy atom. The molecular formula is C19H16N2O2. The smallest absolute Gasteiger partial charge is 0.146 e. The van der Waals surface area contributed by atoms with Gasteiger partial charge in [-0.1, -0.05) is 30.3 Å². The lowest BCUT2D eigenvalue weighted by Gasteiger charge is -2.06. The molecule has 0 atom stereocenters. The highest BCUT2D eigenvalue weighted by Gasteiger charge is 1.95. The van der Waals surface area contributed by atoms with Crippen molar-refractivity contribution < 1.29 is 9.15 Å². The first-order chi connectivity index (χ1) is 11.4. The van der Waals surface area contributed by atoms with Gasteiger partial charge in [0.15, 0.2) is 0 Å². The standard InChI is InChI=1S/C19H16N2O2/c1-2-5-17(6-3-1)15-23-18-10-8-16(9-11-18)13-20-21-14-19-7-4-12-22-19/h1-14H,15H2/b20-13-,21-14-. The molecule has 0 aliphatic carbocycles. The van der Waals surface area contributed by atoms with Crippen molar-refractivity contribution in [1.29, 1.82) is 0 Å². The van der Waals surface area contributed by atoms with Crippen molar-refractivity contribution in [2.24, 2.45) is 10.2 Å². The van der Waals surface area contributed by atoms with E-state index in [9.17, 15) is 0 Å². The molecule has 4 nitrogen and oxygen atoms in total. The minimum Gasteiger partial charge on any atom is -0.489 e. The van der Waals surface area contributed by atoms with Gasteiger partial charge >= 0.3 is 0 Å². The molecule has 1 aromatic heterocycles. The first kappa shape index (κ1) is 14.8. The molecule has 0 aliphatic rings. The Hall–Kier alpha value is -3.14. The van der Waals surface area contributed by atoms with Crippen LogP contribution in [-0.2, 0) is 6.61 Å². The van der Waals surface area contributed by atoms with Gasteiger partial charge in [0.2, 0.25) is 0 Å². The number of furan rings is 1. The monoisotopic (exact) mass is 304 g/mol. The summed E-state index contributed by atoms with van der Waals surface area (Å²) >= 11 is 0. The maximum absolute atomic E-state index is 5.74. The van der Waals surface area contributed by atoms with E-state index in [-0.39, 0.29) is 0 Å². The predicted octanol–water partition coefficient (Wildman–Crippen LogP) is 4.31. The van der Waals surface area contributed by atoms with Crippen molar-refractivity contribution in [3.8, 4) is 5.75 Å². The molecule has 114 valence electrons. The minimum absolute atomic E-state index is 0.557. The third-order valence-corrected chi connectivity index (χ3v) is 3.13. The van der Waals surface area contributed by atoms with Crippen molar-refractivity contribution in [3.63, 3.8) is 0 Å². The first-order valence-electron chi connectivity index (χ1n) is 7.27. The van der Waals surface area contributed by atoms with Crippen LogP contribution in [0.15, 0.2) is 87.6 Å². The molecular weight excluding hydrogens is 288 g/mol. The van der Waals surface area contributed by atoms with E-state index in [4.69, 9.17) is 9.15 Å². The van der Waals surface area contributed by atoms with Crippen LogP contribution in [0.3, 0.4) is 0 Å². The zero-order valence-corrected chi connectivity index (χ0v) is 12.5. The molecule has 3 rings (SSSR count). The lowest BCUT2D eigenvalue weighted by atomic mass is 10.2. The molecule has 4 heteroatoms. The first-order valence-corrected chi connectivity index (χ1v) is 7.27. The molecule has 3 aromatic rings. The molecule has 2 aromatic carbocycles. The van der Waals surface area contributed by atoms with Crippen LogP contribution in [0.4, 0.5) is 0 Å². The Morgan fingerprint density at radius 3 is 2.35 bits per heavy atom. The maximum Gasteiger partial charge on any atom is 0.146 e. The van der Waals surface area contributed by atoms with Crippen molar-refractivity contribution in [2.75, 3.05) is 0 Å². The Morgan fingerprint density at radius 2 is 1.61 bits per heavy atom. The van der Waals surface area contributed by atoms with Crippen LogP contribution in [0.1, 0.15) is 16.9 Å². The molecule has 0 saturated heterocycles. The number of ether oxygens (including phenoxy) is 1. The fraction of sp³-hybridized carbons (Fsp3) is 0.0526. The summed E-state index contributed by atoms with van der Waals surface area (Å²) in [6.45, 7) is 0.557. The highest BCUT2D eigenvalue weighted by Crippen LogP contribution is 2.13. The van der Waals surface area contributed by atoms with Crippen LogP contribution in [0.5, 0.6) is 5.75 Å². The fourth-order valence-corrected chi connectivity index (χ4v) is 1.95. The zero-order chi connectivity index (χ0) is 15.7. The highest BCUT2D eigenvalue weighted by atomic mass is 16.5. The Kier molecular flexibility index (Phi) is 4.98. The molecule has 0 amide bonds. The second-order valence-electron chi connectivity index (χ2n) is 4.85. The Bertz CT molecular complexity index is 761. The van der Waals surface area contributed by atoms with E-state index in [1.165, 1.54) is 0 Å². The predicted molar refractivity (Wildman–Crippen MR) is 91.1 cm³/mol. The number of benzene rings is 2. The summed E-state index contributed by atoms with van der Waals surface area (Å²) in [6.07, 6.45) is 4.84. The van der Waals surface area contributed by atoms with Gasteiger partial charge in [-0.15, -0.1) is 0 Å².